The molecule has 0 radical (unpaired) electrons. The molecule has 0 atom stereocenters. The molecular formula is C29H46. The predicted octanol–water partition coefficient (Wildman–Crippen LogP) is 9.68. The Morgan fingerprint density at radius 2 is 0.448 bits per heavy atom. The van der Waals surface area contributed by atoms with Crippen LogP contribution in [0.1, 0.15) is 69.4 Å². The largest absolute Gasteiger partial charge is 0.0683 e. The molecule has 0 aliphatic rings. The molecule has 3 aromatic rings. The molecule has 0 aliphatic carbocycles. The first kappa shape index (κ1) is 31.4. The van der Waals surface area contributed by atoms with Crippen molar-refractivity contribution in [2.75, 3.05) is 0 Å². The summed E-state index contributed by atoms with van der Waals surface area (Å²) in [5.41, 5.74) is 6.64. The van der Waals surface area contributed by atoms with Gasteiger partial charge in [0.25, 0.3) is 0 Å². The van der Waals surface area contributed by atoms with Crippen molar-refractivity contribution in [3.63, 3.8) is 0 Å². The van der Waals surface area contributed by atoms with Crippen LogP contribution >= 0.6 is 0 Å². The van der Waals surface area contributed by atoms with Gasteiger partial charge in [-0.15, -0.1) is 0 Å². The van der Waals surface area contributed by atoms with E-state index in [4.69, 9.17) is 0 Å². The molecule has 0 fully saturated rings. The van der Waals surface area contributed by atoms with Gasteiger partial charge in [-0.3, -0.25) is 0 Å². The topological polar surface area (TPSA) is 0 Å². The molecule has 0 spiro atoms. The van der Waals surface area contributed by atoms with Crippen LogP contribution in [0.25, 0.3) is 0 Å². The molecule has 0 saturated heterocycles. The Morgan fingerprint density at radius 3 is 0.586 bits per heavy atom. The fraction of sp³-hybridized carbons (Fsp3) is 0.379. The van der Waals surface area contributed by atoms with Gasteiger partial charge in [-0.1, -0.05) is 148 Å². The molecule has 0 nitrogen and oxygen atoms in total. The van der Waals surface area contributed by atoms with E-state index in [1.54, 1.807) is 0 Å². The highest BCUT2D eigenvalue weighted by atomic mass is 13.9. The molecule has 0 heteroatoms. The van der Waals surface area contributed by atoms with E-state index in [1.165, 1.54) is 27.8 Å². The molecule has 3 aromatic carbocycles. The fourth-order valence-electron chi connectivity index (χ4n) is 1.81. The van der Waals surface area contributed by atoms with E-state index in [-0.39, 0.29) is 0 Å². The molecule has 0 saturated carbocycles. The first-order valence-electron chi connectivity index (χ1n) is 11.1. The summed E-state index contributed by atoms with van der Waals surface area (Å²) in [6, 6.07) is 27.2. The highest BCUT2D eigenvalue weighted by Crippen LogP contribution is 2.00. The second kappa shape index (κ2) is 23.7. The van der Waals surface area contributed by atoms with Gasteiger partial charge >= 0.3 is 0 Å². The number of benzene rings is 3. The Hall–Kier alpha value is -2.34. The third-order valence-corrected chi connectivity index (χ3v) is 3.38. The molecule has 0 bridgehead atoms. The van der Waals surface area contributed by atoms with Crippen LogP contribution < -0.4 is 0 Å². The summed E-state index contributed by atoms with van der Waals surface area (Å²) in [5.74, 6) is 0. The van der Waals surface area contributed by atoms with Gasteiger partial charge in [-0.25, -0.2) is 0 Å². The number of hydrogen-bond donors (Lipinski definition) is 0. The van der Waals surface area contributed by atoms with Gasteiger partial charge < -0.3 is 0 Å². The quantitative estimate of drug-likeness (QED) is 0.356. The zero-order chi connectivity index (χ0) is 23.1. The van der Waals surface area contributed by atoms with Gasteiger partial charge in [-0.2, -0.15) is 0 Å². The van der Waals surface area contributed by atoms with Crippen molar-refractivity contribution in [3.05, 3.63) is 107 Å². The number of hydrogen-bond acceptors (Lipinski definition) is 0. The summed E-state index contributed by atoms with van der Waals surface area (Å²) in [4.78, 5) is 0. The van der Waals surface area contributed by atoms with E-state index in [2.05, 4.69) is 95.3 Å². The maximum atomic E-state index is 2.12. The third kappa shape index (κ3) is 21.8. The zero-order valence-corrected chi connectivity index (χ0v) is 21.0. The van der Waals surface area contributed by atoms with Crippen LogP contribution in [-0.4, -0.2) is 0 Å². The van der Waals surface area contributed by atoms with Crippen LogP contribution in [0.3, 0.4) is 0 Å². The summed E-state index contributed by atoms with van der Waals surface area (Å²) in [6.07, 6.45) is 0. The van der Waals surface area contributed by atoms with Crippen molar-refractivity contribution in [1.82, 2.24) is 0 Å². The molecule has 0 aromatic heterocycles. The Morgan fingerprint density at radius 1 is 0.276 bits per heavy atom. The lowest BCUT2D eigenvalue weighted by atomic mass is 10.2. The van der Waals surface area contributed by atoms with Crippen LogP contribution in [0.4, 0.5) is 0 Å². The average molecular weight is 395 g/mol. The Bertz CT molecular complexity index is 561. The van der Waals surface area contributed by atoms with Gasteiger partial charge in [0.15, 0.2) is 0 Å². The maximum absolute atomic E-state index is 2.12. The summed E-state index contributed by atoms with van der Waals surface area (Å²) in [7, 11) is 0. The minimum atomic E-state index is 1.32. The van der Waals surface area contributed by atoms with Gasteiger partial charge in [0.2, 0.25) is 0 Å². The first-order valence-corrected chi connectivity index (χ1v) is 11.1. The van der Waals surface area contributed by atoms with E-state index in [0.717, 1.165) is 0 Å². The lowest BCUT2D eigenvalue weighted by Gasteiger charge is -1.90. The molecule has 0 N–H and O–H groups in total. The molecule has 0 unspecified atom stereocenters. The second-order valence-corrected chi connectivity index (χ2v) is 5.96. The SMILES string of the molecule is CC.CC.CC.Cc1ccc(C)cc1.Cc1ccc(C)cc1.Cc1ccccc1. The summed E-state index contributed by atoms with van der Waals surface area (Å²) >= 11 is 0. The molecule has 162 valence electrons. The normalized spacial score (nSPS) is 7.83. The van der Waals surface area contributed by atoms with Gasteiger partial charge in [-0.05, 0) is 34.6 Å². The van der Waals surface area contributed by atoms with Crippen molar-refractivity contribution in [2.45, 2.75) is 76.2 Å². The van der Waals surface area contributed by atoms with Crippen molar-refractivity contribution in [3.8, 4) is 0 Å². The third-order valence-electron chi connectivity index (χ3n) is 3.38. The predicted molar refractivity (Wildman–Crippen MR) is 137 cm³/mol. The van der Waals surface area contributed by atoms with Crippen molar-refractivity contribution < 1.29 is 0 Å². The lowest BCUT2D eigenvalue weighted by Crippen LogP contribution is -1.70. The highest BCUT2D eigenvalue weighted by molar-refractivity contribution is 5.20. The average Bonchev–Trinajstić information content (AvgIpc) is 2.78. The van der Waals surface area contributed by atoms with E-state index >= 15 is 0 Å². The van der Waals surface area contributed by atoms with Gasteiger partial charge in [0.1, 0.15) is 0 Å². The molecule has 29 heavy (non-hydrogen) atoms. The minimum absolute atomic E-state index is 1.32. The highest BCUT2D eigenvalue weighted by Gasteiger charge is 1.80. The Balaban J connectivity index is -0.000000310. The smallest absolute Gasteiger partial charge is 0.0398 e. The molecule has 0 amide bonds. The minimum Gasteiger partial charge on any atom is -0.0683 e. The van der Waals surface area contributed by atoms with Crippen molar-refractivity contribution >= 4 is 0 Å². The first-order chi connectivity index (χ1) is 14.0. The van der Waals surface area contributed by atoms with Gasteiger partial charge in [0, 0.05) is 0 Å². The standard InChI is InChI=1S/2C8H10.C7H8.3C2H6/c2*1-7-3-5-8(2)6-4-7;1-7-5-3-2-4-6-7;3*1-2/h2*3-6H,1-2H3;2-6H,1H3;3*1-2H3. The summed E-state index contributed by atoms with van der Waals surface area (Å²) < 4.78 is 0. The Kier molecular flexibility index (Phi) is 25.6. The lowest BCUT2D eigenvalue weighted by molar-refractivity contribution is 1.40. The van der Waals surface area contributed by atoms with E-state index in [0.29, 0.717) is 0 Å². The van der Waals surface area contributed by atoms with Crippen LogP contribution in [0.15, 0.2) is 78.9 Å². The monoisotopic (exact) mass is 394 g/mol. The van der Waals surface area contributed by atoms with Crippen LogP contribution in [0.2, 0.25) is 0 Å². The van der Waals surface area contributed by atoms with E-state index in [1.807, 2.05) is 59.7 Å². The summed E-state index contributed by atoms with van der Waals surface area (Å²) in [5, 5.41) is 0. The molecule has 0 aliphatic heterocycles. The fourth-order valence-corrected chi connectivity index (χ4v) is 1.81. The van der Waals surface area contributed by atoms with Crippen molar-refractivity contribution in [2.24, 2.45) is 0 Å². The maximum Gasteiger partial charge on any atom is -0.0398 e. The zero-order valence-electron chi connectivity index (χ0n) is 21.0. The molecular weight excluding hydrogens is 348 g/mol. The Labute approximate surface area is 183 Å². The molecule has 0 heterocycles. The van der Waals surface area contributed by atoms with Crippen LogP contribution in [0, 0.1) is 34.6 Å². The van der Waals surface area contributed by atoms with Crippen molar-refractivity contribution in [1.29, 1.82) is 0 Å². The van der Waals surface area contributed by atoms with Crippen LogP contribution in [-0.2, 0) is 0 Å². The summed E-state index contributed by atoms with van der Waals surface area (Å²) in [6.45, 7) is 22.5. The molecule has 3 rings (SSSR count). The number of rotatable bonds is 0. The number of aryl methyl sites for hydroxylation is 5. The second-order valence-electron chi connectivity index (χ2n) is 5.96. The van der Waals surface area contributed by atoms with E-state index < -0.39 is 0 Å². The van der Waals surface area contributed by atoms with Gasteiger partial charge in [0.05, 0.1) is 0 Å². The van der Waals surface area contributed by atoms with Crippen LogP contribution in [0.5, 0.6) is 0 Å². The van der Waals surface area contributed by atoms with E-state index in [9.17, 15) is 0 Å².